The molecule has 0 amide bonds. The Kier molecular flexibility index (Phi) is 4.33. The van der Waals surface area contributed by atoms with Gasteiger partial charge in [0.25, 0.3) is 0 Å². The van der Waals surface area contributed by atoms with Crippen molar-refractivity contribution in [2.24, 2.45) is 5.92 Å². The number of aromatic nitrogens is 2. The molecule has 0 aliphatic heterocycles. The molecule has 0 saturated carbocycles. The Balaban J connectivity index is 2.41. The van der Waals surface area contributed by atoms with Gasteiger partial charge in [0.05, 0.1) is 12.2 Å². The van der Waals surface area contributed by atoms with Crippen LogP contribution in [0.1, 0.15) is 30.8 Å². The molecule has 0 unspecified atom stereocenters. The van der Waals surface area contributed by atoms with Gasteiger partial charge in [0.2, 0.25) is 0 Å². The normalized spacial score (nSPS) is 11.3. The molecule has 0 fully saturated rings. The van der Waals surface area contributed by atoms with Gasteiger partial charge in [0.1, 0.15) is 0 Å². The molecule has 1 rings (SSSR count). The van der Waals surface area contributed by atoms with E-state index in [1.807, 2.05) is 0 Å². The maximum absolute atomic E-state index is 4.50. The second kappa shape index (κ2) is 5.31. The quantitative estimate of drug-likeness (QED) is 0.752. The number of rotatable bonds is 5. The summed E-state index contributed by atoms with van der Waals surface area (Å²) in [4.78, 5) is 0. The molecule has 1 aromatic rings. The van der Waals surface area contributed by atoms with E-state index in [2.05, 4.69) is 49.7 Å². The molecule has 15 heavy (non-hydrogen) atoms. The summed E-state index contributed by atoms with van der Waals surface area (Å²) >= 11 is 0. The van der Waals surface area contributed by atoms with E-state index in [4.69, 9.17) is 0 Å². The van der Waals surface area contributed by atoms with E-state index in [1.165, 1.54) is 11.3 Å². The van der Waals surface area contributed by atoms with Crippen LogP contribution in [0.3, 0.4) is 0 Å². The average molecular weight is 209 g/mol. The van der Waals surface area contributed by atoms with Crippen LogP contribution in [0.15, 0.2) is 0 Å². The zero-order chi connectivity index (χ0) is 11.4. The van der Waals surface area contributed by atoms with Crippen molar-refractivity contribution in [2.75, 3.05) is 13.1 Å². The van der Waals surface area contributed by atoms with Gasteiger partial charge in [-0.15, -0.1) is 0 Å². The molecular formula is C12H23N3. The van der Waals surface area contributed by atoms with Gasteiger partial charge < -0.3 is 5.32 Å². The highest BCUT2D eigenvalue weighted by Gasteiger charge is 2.05. The second-order valence-corrected chi connectivity index (χ2v) is 4.62. The van der Waals surface area contributed by atoms with Crippen LogP contribution < -0.4 is 5.32 Å². The van der Waals surface area contributed by atoms with Crippen molar-refractivity contribution < 1.29 is 0 Å². The Morgan fingerprint density at radius 2 is 1.93 bits per heavy atom. The first kappa shape index (κ1) is 12.2. The molecule has 86 valence electrons. The van der Waals surface area contributed by atoms with Crippen LogP contribution in [-0.2, 0) is 6.54 Å². The van der Waals surface area contributed by atoms with E-state index < -0.39 is 0 Å². The molecule has 3 nitrogen and oxygen atoms in total. The van der Waals surface area contributed by atoms with Gasteiger partial charge >= 0.3 is 0 Å². The maximum Gasteiger partial charge on any atom is 0.0625 e. The van der Waals surface area contributed by atoms with E-state index in [1.54, 1.807) is 0 Å². The fraction of sp³-hybridized carbons (Fsp3) is 0.750. The lowest BCUT2D eigenvalue weighted by Crippen LogP contribution is -2.24. The zero-order valence-corrected chi connectivity index (χ0v) is 10.6. The third kappa shape index (κ3) is 3.34. The fourth-order valence-corrected chi connectivity index (χ4v) is 1.58. The van der Waals surface area contributed by atoms with Gasteiger partial charge in [-0.2, -0.15) is 5.10 Å². The molecule has 1 aromatic heterocycles. The molecule has 0 aromatic carbocycles. The largest absolute Gasteiger partial charge is 0.315 e. The van der Waals surface area contributed by atoms with Crippen molar-refractivity contribution in [1.82, 2.24) is 15.1 Å². The third-order valence-corrected chi connectivity index (χ3v) is 2.80. The lowest BCUT2D eigenvalue weighted by molar-refractivity contribution is 0.500. The Morgan fingerprint density at radius 1 is 1.27 bits per heavy atom. The smallest absolute Gasteiger partial charge is 0.0625 e. The van der Waals surface area contributed by atoms with Crippen molar-refractivity contribution in [2.45, 2.75) is 41.2 Å². The molecular weight excluding hydrogens is 186 g/mol. The summed E-state index contributed by atoms with van der Waals surface area (Å²) in [6.45, 7) is 13.8. The minimum Gasteiger partial charge on any atom is -0.315 e. The van der Waals surface area contributed by atoms with Crippen LogP contribution in [0.2, 0.25) is 0 Å². The first-order valence-electron chi connectivity index (χ1n) is 5.73. The predicted molar refractivity (Wildman–Crippen MR) is 64.1 cm³/mol. The van der Waals surface area contributed by atoms with E-state index >= 15 is 0 Å². The summed E-state index contributed by atoms with van der Waals surface area (Å²) in [6.07, 6.45) is 0. The number of aryl methyl sites for hydroxylation is 1. The highest BCUT2D eigenvalue weighted by molar-refractivity contribution is 5.22. The first-order valence-corrected chi connectivity index (χ1v) is 5.73. The van der Waals surface area contributed by atoms with Crippen LogP contribution in [0, 0.1) is 26.7 Å². The lowest BCUT2D eigenvalue weighted by Gasteiger charge is -2.08. The van der Waals surface area contributed by atoms with Crippen molar-refractivity contribution >= 4 is 0 Å². The minimum absolute atomic E-state index is 0.715. The van der Waals surface area contributed by atoms with Crippen LogP contribution in [0.4, 0.5) is 0 Å². The molecule has 0 spiro atoms. The maximum atomic E-state index is 4.50. The lowest BCUT2D eigenvalue weighted by atomic mass is 10.2. The molecule has 0 saturated heterocycles. The molecule has 0 aliphatic carbocycles. The molecule has 0 radical (unpaired) electrons. The van der Waals surface area contributed by atoms with E-state index in [-0.39, 0.29) is 0 Å². The zero-order valence-electron chi connectivity index (χ0n) is 10.6. The monoisotopic (exact) mass is 209 g/mol. The Morgan fingerprint density at radius 3 is 2.40 bits per heavy atom. The van der Waals surface area contributed by atoms with Crippen LogP contribution >= 0.6 is 0 Å². The van der Waals surface area contributed by atoms with Gasteiger partial charge in [0.15, 0.2) is 0 Å². The van der Waals surface area contributed by atoms with E-state index in [0.29, 0.717) is 5.92 Å². The highest BCUT2D eigenvalue weighted by Crippen LogP contribution is 2.10. The molecule has 1 N–H and O–H groups in total. The average Bonchev–Trinajstić information content (AvgIpc) is 2.41. The van der Waals surface area contributed by atoms with Crippen LogP contribution in [-0.4, -0.2) is 22.9 Å². The van der Waals surface area contributed by atoms with E-state index in [9.17, 15) is 0 Å². The first-order chi connectivity index (χ1) is 7.02. The minimum atomic E-state index is 0.715. The molecule has 0 bridgehead atoms. The van der Waals surface area contributed by atoms with Gasteiger partial charge in [0, 0.05) is 12.2 Å². The topological polar surface area (TPSA) is 29.9 Å². The van der Waals surface area contributed by atoms with Crippen LogP contribution in [0.25, 0.3) is 0 Å². The molecule has 1 heterocycles. The molecule has 0 atom stereocenters. The van der Waals surface area contributed by atoms with Crippen molar-refractivity contribution in [3.63, 3.8) is 0 Å². The summed E-state index contributed by atoms with van der Waals surface area (Å²) in [6, 6.07) is 0. The fourth-order valence-electron chi connectivity index (χ4n) is 1.58. The summed E-state index contributed by atoms with van der Waals surface area (Å²) in [7, 11) is 0. The Labute approximate surface area is 92.9 Å². The summed E-state index contributed by atoms with van der Waals surface area (Å²) in [5.74, 6) is 0.715. The standard InChI is InChI=1S/C12H23N3/c1-9(2)8-13-6-7-15-12(5)10(3)11(4)14-15/h9,13H,6-8H2,1-5H3. The van der Waals surface area contributed by atoms with E-state index in [0.717, 1.165) is 25.3 Å². The SMILES string of the molecule is Cc1nn(CCNCC(C)C)c(C)c1C. The number of hydrogen-bond donors (Lipinski definition) is 1. The Bertz CT molecular complexity index is 313. The summed E-state index contributed by atoms with van der Waals surface area (Å²) in [5.41, 5.74) is 3.76. The number of nitrogens with one attached hydrogen (secondary N) is 1. The van der Waals surface area contributed by atoms with Crippen molar-refractivity contribution in [3.05, 3.63) is 17.0 Å². The predicted octanol–water partition coefficient (Wildman–Crippen LogP) is 2.05. The second-order valence-electron chi connectivity index (χ2n) is 4.62. The molecule has 0 aliphatic rings. The van der Waals surface area contributed by atoms with Crippen LogP contribution in [0.5, 0.6) is 0 Å². The number of nitrogens with zero attached hydrogens (tertiary/aromatic N) is 2. The Hall–Kier alpha value is -0.830. The third-order valence-electron chi connectivity index (χ3n) is 2.80. The van der Waals surface area contributed by atoms with Gasteiger partial charge in [-0.25, -0.2) is 0 Å². The van der Waals surface area contributed by atoms with Gasteiger partial charge in [-0.05, 0) is 38.8 Å². The summed E-state index contributed by atoms with van der Waals surface area (Å²) < 4.78 is 2.10. The van der Waals surface area contributed by atoms with Crippen molar-refractivity contribution in [3.8, 4) is 0 Å². The van der Waals surface area contributed by atoms with Gasteiger partial charge in [-0.3, -0.25) is 4.68 Å². The summed E-state index contributed by atoms with van der Waals surface area (Å²) in [5, 5.41) is 7.93. The van der Waals surface area contributed by atoms with Gasteiger partial charge in [-0.1, -0.05) is 13.8 Å². The van der Waals surface area contributed by atoms with Crippen molar-refractivity contribution in [1.29, 1.82) is 0 Å². The number of hydrogen-bond acceptors (Lipinski definition) is 2. The molecule has 3 heteroatoms. The highest BCUT2D eigenvalue weighted by atomic mass is 15.3.